The minimum atomic E-state index is -0.00884. The number of nitrogens with zero attached hydrogens (tertiary/aromatic N) is 2. The fourth-order valence-corrected chi connectivity index (χ4v) is 2.18. The van der Waals surface area contributed by atoms with E-state index < -0.39 is 0 Å². The van der Waals surface area contributed by atoms with Gasteiger partial charge in [0.05, 0.1) is 17.8 Å². The Morgan fingerprint density at radius 1 is 1.28 bits per heavy atom. The maximum Gasteiger partial charge on any atom is 0.0957 e. The zero-order valence-electron chi connectivity index (χ0n) is 11.9. The molecule has 0 fully saturated rings. The third-order valence-electron chi connectivity index (χ3n) is 3.29. The molecule has 1 N–H and O–H groups in total. The van der Waals surface area contributed by atoms with Gasteiger partial charge in [-0.15, -0.1) is 0 Å². The minimum absolute atomic E-state index is 0.00884. The van der Waals surface area contributed by atoms with Gasteiger partial charge in [0.25, 0.3) is 0 Å². The van der Waals surface area contributed by atoms with Crippen molar-refractivity contribution in [1.82, 2.24) is 9.78 Å². The van der Waals surface area contributed by atoms with Crippen LogP contribution < -0.4 is 0 Å². The minimum Gasteiger partial charge on any atom is -0.390 e. The van der Waals surface area contributed by atoms with Gasteiger partial charge in [0, 0.05) is 11.4 Å². The van der Waals surface area contributed by atoms with Crippen molar-refractivity contribution >= 4 is 10.9 Å². The van der Waals surface area contributed by atoms with Crippen molar-refractivity contribution in [1.29, 1.82) is 0 Å². The maximum atomic E-state index is 9.38. The zero-order chi connectivity index (χ0) is 13.5. The van der Waals surface area contributed by atoms with E-state index in [0.717, 1.165) is 16.6 Å². The third-order valence-corrected chi connectivity index (χ3v) is 3.29. The van der Waals surface area contributed by atoms with E-state index in [1.54, 1.807) is 0 Å². The van der Waals surface area contributed by atoms with Crippen LogP contribution in [0.25, 0.3) is 10.9 Å². The summed E-state index contributed by atoms with van der Waals surface area (Å²) < 4.78 is 2.00. The van der Waals surface area contributed by atoms with Gasteiger partial charge in [-0.05, 0) is 30.9 Å². The summed E-state index contributed by atoms with van der Waals surface area (Å²) in [6, 6.07) is 6.70. The Bertz CT molecular complexity index is 562. The fraction of sp³-hybridized carbons (Fsp3) is 0.533. The first-order valence-corrected chi connectivity index (χ1v) is 6.47. The van der Waals surface area contributed by atoms with Gasteiger partial charge in [-0.3, -0.25) is 4.68 Å². The van der Waals surface area contributed by atoms with E-state index >= 15 is 0 Å². The third kappa shape index (κ3) is 2.15. The topological polar surface area (TPSA) is 38.0 Å². The summed E-state index contributed by atoms with van der Waals surface area (Å²) >= 11 is 0. The normalized spacial score (nSPS) is 12.6. The molecule has 0 unspecified atom stereocenters. The molecule has 2 aromatic rings. The molecule has 1 aromatic carbocycles. The fourth-order valence-electron chi connectivity index (χ4n) is 2.18. The molecule has 1 aromatic heterocycles. The first kappa shape index (κ1) is 13.1. The van der Waals surface area contributed by atoms with Gasteiger partial charge >= 0.3 is 0 Å². The Balaban J connectivity index is 2.71. The van der Waals surface area contributed by atoms with E-state index in [-0.39, 0.29) is 12.0 Å². The highest BCUT2D eigenvalue weighted by atomic mass is 16.3. The van der Waals surface area contributed by atoms with Crippen molar-refractivity contribution in [2.75, 3.05) is 0 Å². The predicted octanol–water partition coefficient (Wildman–Crippen LogP) is 3.41. The number of rotatable bonds is 2. The molecule has 3 nitrogen and oxygen atoms in total. The second-order valence-corrected chi connectivity index (χ2v) is 6.13. The molecule has 18 heavy (non-hydrogen) atoms. The van der Waals surface area contributed by atoms with Crippen LogP contribution in [0.2, 0.25) is 0 Å². The largest absolute Gasteiger partial charge is 0.390 e. The highest BCUT2D eigenvalue weighted by molar-refractivity contribution is 5.83. The van der Waals surface area contributed by atoms with E-state index in [2.05, 4.69) is 57.9 Å². The molecule has 0 amide bonds. The summed E-state index contributed by atoms with van der Waals surface area (Å²) in [6.07, 6.45) is 0. The Labute approximate surface area is 108 Å². The van der Waals surface area contributed by atoms with Crippen LogP contribution in [0, 0.1) is 0 Å². The van der Waals surface area contributed by atoms with Gasteiger partial charge in [-0.1, -0.05) is 32.9 Å². The van der Waals surface area contributed by atoms with Gasteiger partial charge in [-0.2, -0.15) is 5.10 Å². The van der Waals surface area contributed by atoms with Crippen LogP contribution in [-0.2, 0) is 12.0 Å². The maximum absolute atomic E-state index is 9.38. The molecule has 3 heteroatoms. The van der Waals surface area contributed by atoms with Crippen molar-refractivity contribution in [2.24, 2.45) is 0 Å². The van der Waals surface area contributed by atoms with Crippen LogP contribution >= 0.6 is 0 Å². The second-order valence-electron chi connectivity index (χ2n) is 6.13. The van der Waals surface area contributed by atoms with E-state index in [9.17, 15) is 5.11 Å². The first-order valence-electron chi connectivity index (χ1n) is 6.47. The SMILES string of the molecule is CC(C)n1nc(CO)c2ccc(C(C)(C)C)cc21. The summed E-state index contributed by atoms with van der Waals surface area (Å²) in [6.45, 7) is 10.8. The smallest absolute Gasteiger partial charge is 0.0957 e. The molecule has 0 aliphatic carbocycles. The lowest BCUT2D eigenvalue weighted by atomic mass is 9.86. The molecule has 0 bridgehead atoms. The molecule has 0 aliphatic rings. The van der Waals surface area contributed by atoms with Crippen LogP contribution in [0.4, 0.5) is 0 Å². The highest BCUT2D eigenvalue weighted by Crippen LogP contribution is 2.29. The van der Waals surface area contributed by atoms with Crippen molar-refractivity contribution < 1.29 is 5.11 Å². The summed E-state index contributed by atoms with van der Waals surface area (Å²) in [4.78, 5) is 0. The van der Waals surface area contributed by atoms with E-state index in [1.165, 1.54) is 5.56 Å². The molecule has 98 valence electrons. The molecule has 1 heterocycles. The van der Waals surface area contributed by atoms with Gasteiger partial charge in [0.1, 0.15) is 0 Å². The van der Waals surface area contributed by atoms with Gasteiger partial charge < -0.3 is 5.11 Å². The quantitative estimate of drug-likeness (QED) is 0.881. The Hall–Kier alpha value is -1.35. The average Bonchev–Trinajstić information content (AvgIpc) is 2.65. The molecule has 0 saturated carbocycles. The molecular weight excluding hydrogens is 224 g/mol. The van der Waals surface area contributed by atoms with Crippen molar-refractivity contribution in [3.8, 4) is 0 Å². The number of aromatic nitrogens is 2. The van der Waals surface area contributed by atoms with Crippen LogP contribution in [0.5, 0.6) is 0 Å². The second kappa shape index (κ2) is 4.39. The van der Waals surface area contributed by atoms with Crippen molar-refractivity contribution in [3.63, 3.8) is 0 Å². The van der Waals surface area contributed by atoms with Crippen molar-refractivity contribution in [3.05, 3.63) is 29.5 Å². The zero-order valence-corrected chi connectivity index (χ0v) is 11.9. The van der Waals surface area contributed by atoms with E-state index in [4.69, 9.17) is 0 Å². The van der Waals surface area contributed by atoms with E-state index in [1.807, 2.05) is 4.68 Å². The number of aliphatic hydroxyl groups excluding tert-OH is 1. The van der Waals surface area contributed by atoms with Crippen LogP contribution in [0.1, 0.15) is 51.9 Å². The highest BCUT2D eigenvalue weighted by Gasteiger charge is 2.17. The lowest BCUT2D eigenvalue weighted by Crippen LogP contribution is -2.11. The lowest BCUT2D eigenvalue weighted by molar-refractivity contribution is 0.276. The molecule has 2 rings (SSSR count). The molecule has 0 spiro atoms. The monoisotopic (exact) mass is 246 g/mol. The number of aliphatic hydroxyl groups is 1. The molecule has 0 radical (unpaired) electrons. The Morgan fingerprint density at radius 3 is 2.44 bits per heavy atom. The summed E-state index contributed by atoms with van der Waals surface area (Å²) in [7, 11) is 0. The van der Waals surface area contributed by atoms with Crippen LogP contribution in [0.15, 0.2) is 18.2 Å². The Kier molecular flexibility index (Phi) is 3.20. The van der Waals surface area contributed by atoms with Crippen molar-refractivity contribution in [2.45, 2.75) is 52.7 Å². The van der Waals surface area contributed by atoms with E-state index in [0.29, 0.717) is 6.04 Å². The van der Waals surface area contributed by atoms with Gasteiger partial charge in [0.2, 0.25) is 0 Å². The molecular formula is C15H22N2O. The molecule has 0 saturated heterocycles. The lowest BCUT2D eigenvalue weighted by Gasteiger charge is -2.19. The molecule has 0 aliphatic heterocycles. The Morgan fingerprint density at radius 2 is 1.94 bits per heavy atom. The summed E-state index contributed by atoms with van der Waals surface area (Å²) in [5.74, 6) is 0. The standard InChI is InChI=1S/C15H22N2O/c1-10(2)17-14-8-11(15(3,4)5)6-7-12(14)13(9-18)16-17/h6-8,10,18H,9H2,1-5H3. The summed E-state index contributed by atoms with van der Waals surface area (Å²) in [5, 5.41) is 14.9. The first-order chi connectivity index (χ1) is 8.34. The average molecular weight is 246 g/mol. The van der Waals surface area contributed by atoms with Crippen LogP contribution in [0.3, 0.4) is 0 Å². The van der Waals surface area contributed by atoms with Gasteiger partial charge in [-0.25, -0.2) is 0 Å². The van der Waals surface area contributed by atoms with Crippen LogP contribution in [-0.4, -0.2) is 14.9 Å². The number of fused-ring (bicyclic) bond motifs is 1. The number of hydrogen-bond donors (Lipinski definition) is 1. The number of hydrogen-bond acceptors (Lipinski definition) is 2. The molecule has 0 atom stereocenters. The summed E-state index contributed by atoms with van der Waals surface area (Å²) in [5.41, 5.74) is 3.29. The van der Waals surface area contributed by atoms with Gasteiger partial charge in [0.15, 0.2) is 0 Å². The number of benzene rings is 1. The predicted molar refractivity (Wildman–Crippen MR) is 74.7 cm³/mol.